The maximum Gasteiger partial charge on any atom is 0.374 e. The van der Waals surface area contributed by atoms with E-state index in [1.807, 2.05) is 13.0 Å². The molecule has 0 saturated heterocycles. The van der Waals surface area contributed by atoms with E-state index in [1.165, 1.54) is 16.3 Å². The number of aromatic carboxylic acids is 1. The van der Waals surface area contributed by atoms with Crippen LogP contribution in [0, 0.1) is 0 Å². The third-order valence-corrected chi connectivity index (χ3v) is 4.29. The van der Waals surface area contributed by atoms with Gasteiger partial charge in [0, 0.05) is 17.1 Å². The first-order chi connectivity index (χ1) is 11.6. The SMILES string of the molecule is CCn1c(SCc2nc(-c3cccc(Cl)c3)no2)nnc1C(=O)O. The van der Waals surface area contributed by atoms with Gasteiger partial charge in [-0.3, -0.25) is 4.57 Å². The molecule has 10 heteroatoms. The first-order valence-electron chi connectivity index (χ1n) is 6.96. The van der Waals surface area contributed by atoms with Crippen LogP contribution in [0.1, 0.15) is 23.4 Å². The van der Waals surface area contributed by atoms with Crippen LogP contribution < -0.4 is 0 Å². The maximum atomic E-state index is 11.1. The molecular formula is C14H12ClN5O3S. The van der Waals surface area contributed by atoms with Gasteiger partial charge in [0.2, 0.25) is 17.5 Å². The van der Waals surface area contributed by atoms with Gasteiger partial charge in [-0.1, -0.05) is 40.7 Å². The summed E-state index contributed by atoms with van der Waals surface area (Å²) in [5.41, 5.74) is 0.757. The number of carboxylic acids is 1. The number of carbonyl (C=O) groups is 1. The average Bonchev–Trinajstić information content (AvgIpc) is 3.19. The molecular weight excluding hydrogens is 354 g/mol. The largest absolute Gasteiger partial charge is 0.475 e. The number of thioether (sulfide) groups is 1. The number of nitrogens with zero attached hydrogens (tertiary/aromatic N) is 5. The Morgan fingerprint density at radius 3 is 2.96 bits per heavy atom. The van der Waals surface area contributed by atoms with E-state index in [0.717, 1.165) is 5.56 Å². The monoisotopic (exact) mass is 365 g/mol. The Labute approximate surface area is 145 Å². The molecule has 2 aromatic heterocycles. The second-order valence-corrected chi connectivity index (χ2v) is 6.05. The molecule has 24 heavy (non-hydrogen) atoms. The van der Waals surface area contributed by atoms with Crippen molar-refractivity contribution >= 4 is 29.3 Å². The summed E-state index contributed by atoms with van der Waals surface area (Å²) in [5, 5.41) is 21.6. The van der Waals surface area contributed by atoms with Gasteiger partial charge >= 0.3 is 5.97 Å². The second kappa shape index (κ2) is 7.02. The molecule has 3 aromatic rings. The summed E-state index contributed by atoms with van der Waals surface area (Å²) in [5.74, 6) is -0.0122. The molecule has 0 fully saturated rings. The topological polar surface area (TPSA) is 107 Å². The van der Waals surface area contributed by atoms with E-state index in [-0.39, 0.29) is 5.82 Å². The molecule has 0 aliphatic heterocycles. The summed E-state index contributed by atoms with van der Waals surface area (Å²) in [6, 6.07) is 7.15. The Hall–Kier alpha value is -2.39. The summed E-state index contributed by atoms with van der Waals surface area (Å²) in [6.07, 6.45) is 0. The van der Waals surface area contributed by atoms with Crippen molar-refractivity contribution in [3.05, 3.63) is 41.0 Å². The van der Waals surface area contributed by atoms with Gasteiger partial charge in [0.1, 0.15) is 0 Å². The van der Waals surface area contributed by atoms with E-state index < -0.39 is 5.97 Å². The standard InChI is InChI=1S/C14H12ClN5O3S/c1-2-20-12(13(21)22)17-18-14(20)24-7-10-16-11(19-23-10)8-4-3-5-9(15)6-8/h3-6H,2,7H2,1H3,(H,21,22). The fourth-order valence-electron chi connectivity index (χ4n) is 2.02. The molecule has 3 rings (SSSR count). The number of rotatable bonds is 6. The molecule has 0 amide bonds. The van der Waals surface area contributed by atoms with Crippen molar-refractivity contribution in [1.29, 1.82) is 0 Å². The van der Waals surface area contributed by atoms with E-state index in [9.17, 15) is 4.79 Å². The molecule has 0 aliphatic carbocycles. The first kappa shape index (κ1) is 16.5. The molecule has 0 bridgehead atoms. The van der Waals surface area contributed by atoms with Gasteiger partial charge in [-0.05, 0) is 19.1 Å². The van der Waals surface area contributed by atoms with Gasteiger partial charge in [0.05, 0.1) is 5.75 Å². The predicted octanol–water partition coefficient (Wildman–Crippen LogP) is 2.99. The van der Waals surface area contributed by atoms with Crippen molar-refractivity contribution in [2.24, 2.45) is 0 Å². The molecule has 0 spiro atoms. The maximum absolute atomic E-state index is 11.1. The minimum atomic E-state index is -1.11. The normalized spacial score (nSPS) is 10.9. The molecule has 1 N–H and O–H groups in total. The summed E-state index contributed by atoms with van der Waals surface area (Å²) in [4.78, 5) is 15.4. The van der Waals surface area contributed by atoms with Crippen LogP contribution in [0.4, 0.5) is 0 Å². The quantitative estimate of drug-likeness (QED) is 0.664. The van der Waals surface area contributed by atoms with Gasteiger partial charge in [-0.15, -0.1) is 10.2 Å². The van der Waals surface area contributed by atoms with E-state index >= 15 is 0 Å². The minimum Gasteiger partial charge on any atom is -0.475 e. The number of hydrogen-bond donors (Lipinski definition) is 1. The van der Waals surface area contributed by atoms with Gasteiger partial charge in [-0.2, -0.15) is 4.98 Å². The van der Waals surface area contributed by atoms with Crippen molar-refractivity contribution in [2.75, 3.05) is 0 Å². The number of aromatic nitrogens is 5. The van der Waals surface area contributed by atoms with E-state index in [0.29, 0.717) is 34.2 Å². The van der Waals surface area contributed by atoms with Crippen molar-refractivity contribution in [3.8, 4) is 11.4 Å². The second-order valence-electron chi connectivity index (χ2n) is 4.67. The third kappa shape index (κ3) is 3.41. The number of carboxylic acid groups (broad SMARTS) is 1. The minimum absolute atomic E-state index is 0.0925. The highest BCUT2D eigenvalue weighted by atomic mass is 35.5. The van der Waals surface area contributed by atoms with Gasteiger partial charge in [-0.25, -0.2) is 4.79 Å². The average molecular weight is 366 g/mol. The predicted molar refractivity (Wildman–Crippen MR) is 87.0 cm³/mol. The zero-order chi connectivity index (χ0) is 17.1. The molecule has 0 aliphatic rings. The van der Waals surface area contributed by atoms with Crippen molar-refractivity contribution < 1.29 is 14.4 Å². The fraction of sp³-hybridized carbons (Fsp3) is 0.214. The first-order valence-corrected chi connectivity index (χ1v) is 8.32. The highest BCUT2D eigenvalue weighted by Gasteiger charge is 2.18. The smallest absolute Gasteiger partial charge is 0.374 e. The number of halogens is 1. The molecule has 2 heterocycles. The lowest BCUT2D eigenvalue weighted by Gasteiger charge is -2.02. The van der Waals surface area contributed by atoms with Crippen molar-refractivity contribution in [3.63, 3.8) is 0 Å². The highest BCUT2D eigenvalue weighted by molar-refractivity contribution is 7.98. The lowest BCUT2D eigenvalue weighted by Crippen LogP contribution is -2.09. The Morgan fingerprint density at radius 2 is 2.25 bits per heavy atom. The zero-order valence-corrected chi connectivity index (χ0v) is 14.1. The van der Waals surface area contributed by atoms with Gasteiger partial charge in [0.25, 0.3) is 0 Å². The van der Waals surface area contributed by atoms with Crippen LogP contribution >= 0.6 is 23.4 Å². The van der Waals surface area contributed by atoms with Crippen LogP contribution in [0.25, 0.3) is 11.4 Å². The number of hydrogen-bond acceptors (Lipinski definition) is 7. The zero-order valence-electron chi connectivity index (χ0n) is 12.5. The lowest BCUT2D eigenvalue weighted by atomic mass is 10.2. The van der Waals surface area contributed by atoms with Crippen LogP contribution in [0.2, 0.25) is 5.02 Å². The van der Waals surface area contributed by atoms with Gasteiger partial charge < -0.3 is 9.63 Å². The number of benzene rings is 1. The fourth-order valence-corrected chi connectivity index (χ4v) is 3.05. The Morgan fingerprint density at radius 1 is 1.42 bits per heavy atom. The van der Waals surface area contributed by atoms with Crippen molar-refractivity contribution in [1.82, 2.24) is 24.9 Å². The molecule has 124 valence electrons. The van der Waals surface area contributed by atoms with E-state index in [2.05, 4.69) is 20.3 Å². The Bertz CT molecular complexity index is 879. The molecule has 0 saturated carbocycles. The van der Waals surface area contributed by atoms with Crippen LogP contribution in [0.5, 0.6) is 0 Å². The Kier molecular flexibility index (Phi) is 4.81. The van der Waals surface area contributed by atoms with Crippen LogP contribution in [-0.2, 0) is 12.3 Å². The van der Waals surface area contributed by atoms with E-state index in [1.54, 1.807) is 18.2 Å². The van der Waals surface area contributed by atoms with E-state index in [4.69, 9.17) is 21.2 Å². The molecule has 0 unspecified atom stereocenters. The summed E-state index contributed by atoms with van der Waals surface area (Å²) < 4.78 is 6.72. The third-order valence-electron chi connectivity index (χ3n) is 3.10. The summed E-state index contributed by atoms with van der Waals surface area (Å²) >= 11 is 7.23. The van der Waals surface area contributed by atoms with Crippen LogP contribution in [0.3, 0.4) is 0 Å². The molecule has 0 radical (unpaired) electrons. The van der Waals surface area contributed by atoms with Crippen LogP contribution in [0.15, 0.2) is 33.9 Å². The van der Waals surface area contributed by atoms with Crippen molar-refractivity contribution in [2.45, 2.75) is 24.4 Å². The van der Waals surface area contributed by atoms with Crippen LogP contribution in [-0.4, -0.2) is 36.0 Å². The highest BCUT2D eigenvalue weighted by Crippen LogP contribution is 2.24. The molecule has 8 nitrogen and oxygen atoms in total. The molecule has 1 aromatic carbocycles. The lowest BCUT2D eigenvalue weighted by molar-refractivity contribution is 0.0677. The molecule has 0 atom stereocenters. The summed E-state index contributed by atoms with van der Waals surface area (Å²) in [7, 11) is 0. The van der Waals surface area contributed by atoms with Gasteiger partial charge in [0.15, 0.2) is 5.16 Å². The summed E-state index contributed by atoms with van der Waals surface area (Å²) in [6.45, 7) is 2.28. The Balaban J connectivity index is 1.73.